The van der Waals surface area contributed by atoms with Crippen molar-refractivity contribution in [3.63, 3.8) is 0 Å². The summed E-state index contributed by atoms with van der Waals surface area (Å²) in [4.78, 5) is 34.4. The Morgan fingerprint density at radius 1 is 1.25 bits per heavy atom. The highest BCUT2D eigenvalue weighted by Gasteiger charge is 2.39. The summed E-state index contributed by atoms with van der Waals surface area (Å²) in [7, 11) is 0. The average Bonchev–Trinajstić information content (AvgIpc) is 2.31. The molecule has 1 fully saturated rings. The van der Waals surface area contributed by atoms with Gasteiger partial charge in [-0.2, -0.15) is 0 Å². The molecule has 114 valence electrons. The van der Waals surface area contributed by atoms with E-state index in [9.17, 15) is 14.4 Å². The number of nitrogens with one attached hydrogen (secondary N) is 2. The molecule has 1 aliphatic carbocycles. The van der Waals surface area contributed by atoms with Crippen LogP contribution in [0.5, 0.6) is 0 Å². The summed E-state index contributed by atoms with van der Waals surface area (Å²) in [6.45, 7) is 3.53. The maximum absolute atomic E-state index is 11.8. The highest BCUT2D eigenvalue weighted by molar-refractivity contribution is 5.88. The summed E-state index contributed by atoms with van der Waals surface area (Å²) in [6.07, 6.45) is 2.57. The molecular weight excluding hydrogens is 260 g/mol. The maximum atomic E-state index is 11.8. The summed E-state index contributed by atoms with van der Waals surface area (Å²) < 4.78 is 0. The van der Waals surface area contributed by atoms with Crippen LogP contribution < -0.4 is 22.1 Å². The minimum absolute atomic E-state index is 0.00546. The van der Waals surface area contributed by atoms with Crippen LogP contribution in [0.4, 0.5) is 0 Å². The van der Waals surface area contributed by atoms with Crippen molar-refractivity contribution in [3.05, 3.63) is 0 Å². The van der Waals surface area contributed by atoms with E-state index < -0.39 is 17.5 Å². The van der Waals surface area contributed by atoms with Crippen molar-refractivity contribution in [2.45, 2.75) is 51.1 Å². The molecular formula is C13H24N4O3. The fourth-order valence-electron chi connectivity index (χ4n) is 2.21. The van der Waals surface area contributed by atoms with Gasteiger partial charge in [0.05, 0.1) is 12.6 Å². The molecule has 0 radical (unpaired) electrons. The zero-order chi connectivity index (χ0) is 15.3. The Kier molecular flexibility index (Phi) is 5.50. The van der Waals surface area contributed by atoms with Crippen molar-refractivity contribution in [2.24, 2.45) is 17.4 Å². The molecule has 0 aromatic carbocycles. The first kappa shape index (κ1) is 16.4. The van der Waals surface area contributed by atoms with Crippen LogP contribution in [-0.4, -0.2) is 35.8 Å². The van der Waals surface area contributed by atoms with Crippen molar-refractivity contribution in [1.82, 2.24) is 10.6 Å². The van der Waals surface area contributed by atoms with Crippen LogP contribution in [0.2, 0.25) is 0 Å². The van der Waals surface area contributed by atoms with E-state index in [2.05, 4.69) is 10.6 Å². The van der Waals surface area contributed by atoms with E-state index in [-0.39, 0.29) is 30.7 Å². The van der Waals surface area contributed by atoms with Gasteiger partial charge in [-0.1, -0.05) is 13.8 Å². The Hall–Kier alpha value is -1.63. The van der Waals surface area contributed by atoms with Gasteiger partial charge in [0.25, 0.3) is 0 Å². The molecule has 1 aliphatic rings. The largest absolute Gasteiger partial charge is 0.370 e. The van der Waals surface area contributed by atoms with E-state index >= 15 is 0 Å². The molecule has 0 aromatic heterocycles. The predicted molar refractivity (Wildman–Crippen MR) is 74.4 cm³/mol. The van der Waals surface area contributed by atoms with E-state index in [1.165, 1.54) is 0 Å². The fraction of sp³-hybridized carbons (Fsp3) is 0.769. The minimum atomic E-state index is -0.633. The lowest BCUT2D eigenvalue weighted by atomic mass is 9.74. The lowest BCUT2D eigenvalue weighted by Gasteiger charge is -2.41. The standard InChI is InChI=1S/C13H24N4O3/c1-8(2)11(15)12(20)16-7-10(19)17-13(4-3-5-13)6-9(14)18/h8,11H,3-7,15H2,1-2H3,(H2,14,18)(H,16,20)(H,17,19)/t11-/m0/s1. The van der Waals surface area contributed by atoms with Crippen molar-refractivity contribution >= 4 is 17.7 Å². The highest BCUT2D eigenvalue weighted by Crippen LogP contribution is 2.34. The normalized spacial score (nSPS) is 18.0. The third-order valence-electron chi connectivity index (χ3n) is 3.67. The molecule has 7 nitrogen and oxygen atoms in total. The lowest BCUT2D eigenvalue weighted by Crippen LogP contribution is -2.57. The summed E-state index contributed by atoms with van der Waals surface area (Å²) in [5, 5.41) is 5.28. The van der Waals surface area contributed by atoms with E-state index in [4.69, 9.17) is 11.5 Å². The molecule has 0 saturated heterocycles. The topological polar surface area (TPSA) is 127 Å². The van der Waals surface area contributed by atoms with Crippen molar-refractivity contribution in [1.29, 1.82) is 0 Å². The molecule has 0 heterocycles. The van der Waals surface area contributed by atoms with E-state index in [1.807, 2.05) is 13.8 Å². The Balaban J connectivity index is 2.40. The van der Waals surface area contributed by atoms with Crippen LogP contribution in [-0.2, 0) is 14.4 Å². The number of amides is 3. The second kappa shape index (κ2) is 6.69. The molecule has 6 N–H and O–H groups in total. The summed E-state index contributed by atoms with van der Waals surface area (Å²) in [5.74, 6) is -1.11. The van der Waals surface area contributed by atoms with Gasteiger partial charge in [-0.3, -0.25) is 14.4 Å². The van der Waals surface area contributed by atoms with Crippen LogP contribution in [0.1, 0.15) is 39.5 Å². The monoisotopic (exact) mass is 284 g/mol. The molecule has 0 unspecified atom stereocenters. The Bertz CT molecular complexity index is 391. The zero-order valence-electron chi connectivity index (χ0n) is 12.1. The van der Waals surface area contributed by atoms with Gasteiger partial charge >= 0.3 is 0 Å². The van der Waals surface area contributed by atoms with Gasteiger partial charge in [0.2, 0.25) is 17.7 Å². The van der Waals surface area contributed by atoms with Gasteiger partial charge in [-0.05, 0) is 25.2 Å². The maximum Gasteiger partial charge on any atom is 0.239 e. The van der Waals surface area contributed by atoms with Crippen LogP contribution in [0.3, 0.4) is 0 Å². The summed E-state index contributed by atoms with van der Waals surface area (Å²) in [6, 6.07) is -0.633. The second-order valence-corrected chi connectivity index (χ2v) is 5.81. The second-order valence-electron chi connectivity index (χ2n) is 5.81. The van der Waals surface area contributed by atoms with Crippen LogP contribution >= 0.6 is 0 Å². The molecule has 1 rings (SSSR count). The van der Waals surface area contributed by atoms with E-state index in [0.29, 0.717) is 0 Å². The number of rotatable bonds is 7. The molecule has 7 heteroatoms. The highest BCUT2D eigenvalue weighted by atomic mass is 16.2. The predicted octanol–water partition coefficient (Wildman–Crippen LogP) is -1.000. The molecule has 3 amide bonds. The van der Waals surface area contributed by atoms with Crippen LogP contribution in [0, 0.1) is 5.92 Å². The summed E-state index contributed by atoms with van der Waals surface area (Å²) in [5.41, 5.74) is 10.3. The molecule has 0 aliphatic heterocycles. The zero-order valence-corrected chi connectivity index (χ0v) is 12.1. The molecule has 1 atom stereocenters. The third-order valence-corrected chi connectivity index (χ3v) is 3.67. The van der Waals surface area contributed by atoms with E-state index in [1.54, 1.807) is 0 Å². The van der Waals surface area contributed by atoms with Crippen LogP contribution in [0.25, 0.3) is 0 Å². The Morgan fingerprint density at radius 2 is 1.85 bits per heavy atom. The van der Waals surface area contributed by atoms with Crippen molar-refractivity contribution in [2.75, 3.05) is 6.54 Å². The molecule has 0 bridgehead atoms. The fourth-order valence-corrected chi connectivity index (χ4v) is 2.21. The lowest BCUT2D eigenvalue weighted by molar-refractivity contribution is -0.129. The number of carbonyl (C=O) groups excluding carboxylic acids is 3. The number of hydrogen-bond acceptors (Lipinski definition) is 4. The average molecular weight is 284 g/mol. The molecule has 0 aromatic rings. The minimum Gasteiger partial charge on any atom is -0.370 e. The molecule has 1 saturated carbocycles. The number of carbonyl (C=O) groups is 3. The van der Waals surface area contributed by atoms with Gasteiger partial charge in [0.1, 0.15) is 0 Å². The van der Waals surface area contributed by atoms with Gasteiger partial charge < -0.3 is 22.1 Å². The molecule has 0 spiro atoms. The van der Waals surface area contributed by atoms with Crippen molar-refractivity contribution < 1.29 is 14.4 Å². The SMILES string of the molecule is CC(C)[C@H](N)C(=O)NCC(=O)NC1(CC(N)=O)CCC1. The van der Waals surface area contributed by atoms with E-state index in [0.717, 1.165) is 19.3 Å². The molecule has 20 heavy (non-hydrogen) atoms. The summed E-state index contributed by atoms with van der Waals surface area (Å²) >= 11 is 0. The number of nitrogens with two attached hydrogens (primary N) is 2. The van der Waals surface area contributed by atoms with Gasteiger partial charge in [0, 0.05) is 12.0 Å². The van der Waals surface area contributed by atoms with Gasteiger partial charge in [-0.25, -0.2) is 0 Å². The first-order valence-corrected chi connectivity index (χ1v) is 6.88. The van der Waals surface area contributed by atoms with Gasteiger partial charge in [0.15, 0.2) is 0 Å². The van der Waals surface area contributed by atoms with Gasteiger partial charge in [-0.15, -0.1) is 0 Å². The number of primary amides is 1. The first-order chi connectivity index (χ1) is 9.26. The quantitative estimate of drug-likeness (QED) is 0.478. The smallest absolute Gasteiger partial charge is 0.239 e. The van der Waals surface area contributed by atoms with Crippen molar-refractivity contribution in [3.8, 4) is 0 Å². The van der Waals surface area contributed by atoms with Crippen LogP contribution in [0.15, 0.2) is 0 Å². The third kappa shape index (κ3) is 4.48. The first-order valence-electron chi connectivity index (χ1n) is 6.88. The Morgan fingerprint density at radius 3 is 2.25 bits per heavy atom. The Labute approximate surface area is 118 Å². The number of hydrogen-bond donors (Lipinski definition) is 4.